The van der Waals surface area contributed by atoms with E-state index in [-0.39, 0.29) is 16.9 Å². The summed E-state index contributed by atoms with van der Waals surface area (Å²) in [6.07, 6.45) is 3.11. The number of carbonyl (C=O) groups excluding carboxylic acids is 1. The molecular formula is C11H7FN2O3. The maximum Gasteiger partial charge on any atom is 0.337 e. The van der Waals surface area contributed by atoms with Gasteiger partial charge in [0.05, 0.1) is 11.3 Å². The van der Waals surface area contributed by atoms with Gasteiger partial charge < -0.3 is 9.67 Å². The van der Waals surface area contributed by atoms with Crippen LogP contribution >= 0.6 is 0 Å². The molecule has 17 heavy (non-hydrogen) atoms. The molecule has 86 valence electrons. The summed E-state index contributed by atoms with van der Waals surface area (Å²) in [6, 6.07) is 3.29. The van der Waals surface area contributed by atoms with Crippen molar-refractivity contribution in [2.24, 2.45) is 0 Å². The Balaban J connectivity index is 2.60. The number of carboxylic acids is 1. The van der Waals surface area contributed by atoms with Gasteiger partial charge in [-0.15, -0.1) is 0 Å². The number of nitrogens with zero attached hydrogens (tertiary/aromatic N) is 2. The van der Waals surface area contributed by atoms with Crippen molar-refractivity contribution in [3.8, 4) is 5.69 Å². The highest BCUT2D eigenvalue weighted by atomic mass is 19.1. The van der Waals surface area contributed by atoms with Crippen molar-refractivity contribution < 1.29 is 19.1 Å². The normalized spacial score (nSPS) is 10.2. The van der Waals surface area contributed by atoms with Crippen LogP contribution in [0.5, 0.6) is 0 Å². The molecule has 0 unspecified atom stereocenters. The number of imidazole rings is 1. The number of aldehydes is 1. The lowest BCUT2D eigenvalue weighted by Crippen LogP contribution is -2.04. The molecule has 0 spiro atoms. The second-order valence-corrected chi connectivity index (χ2v) is 3.29. The van der Waals surface area contributed by atoms with Crippen molar-refractivity contribution >= 4 is 12.3 Å². The summed E-state index contributed by atoms with van der Waals surface area (Å²) in [4.78, 5) is 25.1. The summed E-state index contributed by atoms with van der Waals surface area (Å²) >= 11 is 0. The van der Waals surface area contributed by atoms with Crippen LogP contribution in [0.1, 0.15) is 20.8 Å². The van der Waals surface area contributed by atoms with Gasteiger partial charge in [0.1, 0.15) is 17.8 Å². The quantitative estimate of drug-likeness (QED) is 0.817. The maximum absolute atomic E-state index is 13.1. The first kappa shape index (κ1) is 11.0. The molecule has 1 heterocycles. The largest absolute Gasteiger partial charge is 0.478 e. The van der Waals surface area contributed by atoms with E-state index in [2.05, 4.69) is 4.98 Å². The Kier molecular flexibility index (Phi) is 2.70. The molecule has 0 aliphatic carbocycles. The molecule has 0 amide bonds. The zero-order valence-electron chi connectivity index (χ0n) is 8.50. The third kappa shape index (κ3) is 2.05. The maximum atomic E-state index is 13.1. The molecule has 1 N–H and O–H groups in total. The lowest BCUT2D eigenvalue weighted by atomic mass is 10.1. The summed E-state index contributed by atoms with van der Waals surface area (Å²) in [5.74, 6) is -1.74. The fourth-order valence-electron chi connectivity index (χ4n) is 1.43. The molecule has 0 saturated carbocycles. The van der Waals surface area contributed by atoms with Gasteiger partial charge in [-0.05, 0) is 18.2 Å². The first-order chi connectivity index (χ1) is 8.11. The molecule has 1 aromatic carbocycles. The van der Waals surface area contributed by atoms with Gasteiger partial charge in [0.15, 0.2) is 6.29 Å². The minimum Gasteiger partial charge on any atom is -0.478 e. The predicted octanol–water partition coefficient (Wildman–Crippen LogP) is 1.52. The van der Waals surface area contributed by atoms with Crippen molar-refractivity contribution in [3.63, 3.8) is 0 Å². The van der Waals surface area contributed by atoms with E-state index >= 15 is 0 Å². The third-order valence-electron chi connectivity index (χ3n) is 2.19. The summed E-state index contributed by atoms with van der Waals surface area (Å²) in [5.41, 5.74) is 0.199. The first-order valence-electron chi connectivity index (χ1n) is 4.64. The molecule has 1 aromatic heterocycles. The van der Waals surface area contributed by atoms with Crippen LogP contribution in [0, 0.1) is 5.82 Å². The van der Waals surface area contributed by atoms with E-state index in [0.717, 1.165) is 18.2 Å². The number of hydrogen-bond donors (Lipinski definition) is 1. The Hall–Kier alpha value is -2.50. The number of benzene rings is 1. The molecule has 6 heteroatoms. The van der Waals surface area contributed by atoms with Crippen molar-refractivity contribution in [1.29, 1.82) is 0 Å². The standard InChI is InChI=1S/C11H7FN2O3/c12-7-1-2-9(11(16)17)10(3-7)14-4-8(5-15)13-6-14/h1-6H,(H,16,17). The molecule has 0 bridgehead atoms. The average Bonchev–Trinajstić information content (AvgIpc) is 2.76. The summed E-state index contributed by atoms with van der Waals surface area (Å²) in [5, 5.41) is 8.96. The van der Waals surface area contributed by atoms with Gasteiger partial charge in [-0.1, -0.05) is 0 Å². The molecule has 0 atom stereocenters. The van der Waals surface area contributed by atoms with Crippen LogP contribution in [0.4, 0.5) is 4.39 Å². The highest BCUT2D eigenvalue weighted by molar-refractivity contribution is 5.92. The minimum atomic E-state index is -1.18. The third-order valence-corrected chi connectivity index (χ3v) is 2.19. The van der Waals surface area contributed by atoms with Crippen LogP contribution in [-0.4, -0.2) is 26.9 Å². The molecule has 2 aromatic rings. The molecule has 2 rings (SSSR count). The van der Waals surface area contributed by atoms with Crippen LogP contribution in [-0.2, 0) is 0 Å². The van der Waals surface area contributed by atoms with E-state index in [4.69, 9.17) is 5.11 Å². The van der Waals surface area contributed by atoms with Gasteiger partial charge >= 0.3 is 5.97 Å². The van der Waals surface area contributed by atoms with E-state index in [1.165, 1.54) is 17.1 Å². The number of carbonyl (C=O) groups is 2. The summed E-state index contributed by atoms with van der Waals surface area (Å²) in [7, 11) is 0. The van der Waals surface area contributed by atoms with Crippen molar-refractivity contribution in [2.45, 2.75) is 0 Å². The van der Waals surface area contributed by atoms with E-state index < -0.39 is 11.8 Å². The summed E-state index contributed by atoms with van der Waals surface area (Å²) < 4.78 is 14.4. The minimum absolute atomic E-state index is 0.0683. The Labute approximate surface area is 95.1 Å². The molecule has 5 nitrogen and oxygen atoms in total. The van der Waals surface area contributed by atoms with Crippen molar-refractivity contribution in [2.75, 3.05) is 0 Å². The Morgan fingerprint density at radius 2 is 2.24 bits per heavy atom. The Bertz CT molecular complexity index is 592. The fourth-order valence-corrected chi connectivity index (χ4v) is 1.43. The zero-order chi connectivity index (χ0) is 12.4. The first-order valence-corrected chi connectivity index (χ1v) is 4.64. The summed E-state index contributed by atoms with van der Waals surface area (Å²) in [6.45, 7) is 0. The number of aromatic carboxylic acids is 1. The SMILES string of the molecule is O=Cc1cn(-c2cc(F)ccc2C(=O)O)cn1. The van der Waals surface area contributed by atoms with E-state index in [9.17, 15) is 14.0 Å². The van der Waals surface area contributed by atoms with Crippen LogP contribution in [0.25, 0.3) is 5.69 Å². The van der Waals surface area contributed by atoms with E-state index in [1.54, 1.807) is 0 Å². The lowest BCUT2D eigenvalue weighted by molar-refractivity contribution is 0.0696. The van der Waals surface area contributed by atoms with Crippen LogP contribution in [0.2, 0.25) is 0 Å². The average molecular weight is 234 g/mol. The predicted molar refractivity (Wildman–Crippen MR) is 55.9 cm³/mol. The van der Waals surface area contributed by atoms with Gasteiger partial charge in [-0.3, -0.25) is 4.79 Å². The monoisotopic (exact) mass is 234 g/mol. The molecular weight excluding hydrogens is 227 g/mol. The van der Waals surface area contributed by atoms with Gasteiger partial charge in [-0.25, -0.2) is 14.2 Å². The number of hydrogen-bond acceptors (Lipinski definition) is 3. The number of carboxylic acid groups (broad SMARTS) is 1. The lowest BCUT2D eigenvalue weighted by Gasteiger charge is -2.06. The van der Waals surface area contributed by atoms with E-state index in [0.29, 0.717) is 6.29 Å². The highest BCUT2D eigenvalue weighted by Crippen LogP contribution is 2.16. The Morgan fingerprint density at radius 3 is 2.82 bits per heavy atom. The van der Waals surface area contributed by atoms with Gasteiger partial charge in [-0.2, -0.15) is 0 Å². The fraction of sp³-hybridized carbons (Fsp3) is 0. The zero-order valence-corrected chi connectivity index (χ0v) is 8.50. The van der Waals surface area contributed by atoms with Gasteiger partial charge in [0, 0.05) is 6.20 Å². The molecule has 0 fully saturated rings. The highest BCUT2D eigenvalue weighted by Gasteiger charge is 2.13. The van der Waals surface area contributed by atoms with Crippen molar-refractivity contribution in [3.05, 3.63) is 47.8 Å². The second kappa shape index (κ2) is 4.17. The topological polar surface area (TPSA) is 72.2 Å². The second-order valence-electron chi connectivity index (χ2n) is 3.29. The molecule has 0 saturated heterocycles. The number of halogens is 1. The van der Waals surface area contributed by atoms with E-state index in [1.807, 2.05) is 0 Å². The number of aromatic nitrogens is 2. The van der Waals surface area contributed by atoms with Gasteiger partial charge in [0.2, 0.25) is 0 Å². The molecule has 0 radical (unpaired) electrons. The van der Waals surface area contributed by atoms with Crippen LogP contribution in [0.3, 0.4) is 0 Å². The van der Waals surface area contributed by atoms with Crippen molar-refractivity contribution in [1.82, 2.24) is 9.55 Å². The van der Waals surface area contributed by atoms with Crippen LogP contribution < -0.4 is 0 Å². The van der Waals surface area contributed by atoms with Crippen LogP contribution in [0.15, 0.2) is 30.7 Å². The number of rotatable bonds is 3. The van der Waals surface area contributed by atoms with Gasteiger partial charge in [0.25, 0.3) is 0 Å². The smallest absolute Gasteiger partial charge is 0.337 e. The molecule has 0 aliphatic heterocycles. The molecule has 0 aliphatic rings. The Morgan fingerprint density at radius 1 is 1.47 bits per heavy atom.